The minimum Gasteiger partial charge on any atom is -0.481 e. The van der Waals surface area contributed by atoms with Gasteiger partial charge in [-0.2, -0.15) is 0 Å². The average molecular weight is 360 g/mol. The summed E-state index contributed by atoms with van der Waals surface area (Å²) in [5.74, 6) is 0.0556. The number of fused-ring (bicyclic) bond motifs is 1. The molecule has 1 aromatic carbocycles. The molecular formula is C19H24N2O5. The molecule has 1 atom stereocenters. The summed E-state index contributed by atoms with van der Waals surface area (Å²) in [7, 11) is 1.75. The normalized spacial score (nSPS) is 24.5. The highest BCUT2D eigenvalue weighted by Crippen LogP contribution is 2.43. The second-order valence-electron chi connectivity index (χ2n) is 7.56. The number of hydrogen-bond acceptors (Lipinski definition) is 5. The van der Waals surface area contributed by atoms with E-state index < -0.39 is 17.4 Å². The number of piperidine rings is 1. The van der Waals surface area contributed by atoms with E-state index in [-0.39, 0.29) is 19.1 Å². The molecule has 0 radical (unpaired) electrons. The average Bonchev–Trinajstić information content (AvgIpc) is 3.15. The Morgan fingerprint density at radius 1 is 1.27 bits per heavy atom. The van der Waals surface area contributed by atoms with E-state index in [4.69, 9.17) is 9.47 Å². The van der Waals surface area contributed by atoms with E-state index in [1.54, 1.807) is 11.9 Å². The van der Waals surface area contributed by atoms with Gasteiger partial charge in [0.1, 0.15) is 0 Å². The summed E-state index contributed by atoms with van der Waals surface area (Å²) in [6, 6.07) is 4.04. The summed E-state index contributed by atoms with van der Waals surface area (Å²) >= 11 is 0. The van der Waals surface area contributed by atoms with Gasteiger partial charge >= 0.3 is 5.97 Å². The number of carbonyl (C=O) groups is 2. The summed E-state index contributed by atoms with van der Waals surface area (Å²) in [4.78, 5) is 27.8. The lowest BCUT2D eigenvalue weighted by molar-refractivity contribution is -0.146. The smallest absolute Gasteiger partial charge is 0.309 e. The molecule has 26 heavy (non-hydrogen) atoms. The summed E-state index contributed by atoms with van der Waals surface area (Å²) in [6.07, 6.45) is 1.50. The molecule has 1 unspecified atom stereocenters. The minimum atomic E-state index is -0.859. The first-order chi connectivity index (χ1) is 12.4. The number of aliphatic carboxylic acids is 1. The van der Waals surface area contributed by atoms with Gasteiger partial charge in [0.15, 0.2) is 11.5 Å². The predicted octanol–water partition coefficient (Wildman–Crippen LogP) is 1.62. The number of carbonyl (C=O) groups excluding carboxylic acids is 1. The molecule has 0 aliphatic carbocycles. The molecule has 140 valence electrons. The maximum Gasteiger partial charge on any atom is 0.309 e. The Kier molecular flexibility index (Phi) is 4.06. The molecule has 2 fully saturated rings. The van der Waals surface area contributed by atoms with E-state index in [2.05, 4.69) is 11.8 Å². The number of amides is 1. The zero-order chi connectivity index (χ0) is 18.5. The zero-order valence-electron chi connectivity index (χ0n) is 15.2. The quantitative estimate of drug-likeness (QED) is 0.882. The van der Waals surface area contributed by atoms with Gasteiger partial charge in [-0.05, 0) is 43.0 Å². The predicted molar refractivity (Wildman–Crippen MR) is 93.1 cm³/mol. The van der Waals surface area contributed by atoms with Crippen LogP contribution in [0.5, 0.6) is 11.5 Å². The van der Waals surface area contributed by atoms with Crippen LogP contribution in [0.2, 0.25) is 0 Å². The molecule has 3 aliphatic rings. The molecular weight excluding hydrogens is 336 g/mol. The van der Waals surface area contributed by atoms with Crippen molar-refractivity contribution in [2.75, 3.05) is 26.9 Å². The lowest BCUT2D eigenvalue weighted by atomic mass is 9.77. The van der Waals surface area contributed by atoms with Crippen molar-refractivity contribution in [2.45, 2.75) is 38.3 Å². The number of nitrogens with zero attached hydrogens (tertiary/aromatic N) is 2. The molecule has 0 aromatic heterocycles. The Labute approximate surface area is 152 Å². The van der Waals surface area contributed by atoms with Crippen molar-refractivity contribution >= 4 is 11.9 Å². The third kappa shape index (κ3) is 2.61. The van der Waals surface area contributed by atoms with Crippen LogP contribution < -0.4 is 9.47 Å². The van der Waals surface area contributed by atoms with Crippen LogP contribution in [0.25, 0.3) is 0 Å². The first-order valence-corrected chi connectivity index (χ1v) is 9.02. The molecule has 2 saturated heterocycles. The molecule has 3 heterocycles. The minimum absolute atomic E-state index is 0.0579. The lowest BCUT2D eigenvalue weighted by Gasteiger charge is -2.45. The van der Waals surface area contributed by atoms with Gasteiger partial charge in [-0.25, -0.2) is 0 Å². The number of hydrogen-bond donors (Lipinski definition) is 1. The molecule has 1 N–H and O–H groups in total. The lowest BCUT2D eigenvalue weighted by Crippen LogP contribution is -2.55. The second-order valence-corrected chi connectivity index (χ2v) is 7.56. The van der Waals surface area contributed by atoms with Gasteiger partial charge in [-0.3, -0.25) is 14.5 Å². The third-order valence-corrected chi connectivity index (χ3v) is 6.31. The topological polar surface area (TPSA) is 79.3 Å². The number of aryl methyl sites for hydroxylation is 1. The molecule has 1 amide bonds. The van der Waals surface area contributed by atoms with E-state index in [0.29, 0.717) is 12.8 Å². The number of rotatable bonds is 3. The Balaban J connectivity index is 1.47. The number of carboxylic acids is 1. The molecule has 7 heteroatoms. The van der Waals surface area contributed by atoms with Gasteiger partial charge in [0.05, 0.1) is 11.5 Å². The number of ether oxygens (including phenoxy) is 2. The van der Waals surface area contributed by atoms with Crippen molar-refractivity contribution in [3.63, 3.8) is 0 Å². The van der Waals surface area contributed by atoms with Gasteiger partial charge in [-0.15, -0.1) is 0 Å². The van der Waals surface area contributed by atoms with Crippen LogP contribution in [0.3, 0.4) is 0 Å². The van der Waals surface area contributed by atoms with E-state index in [1.165, 1.54) is 5.56 Å². The molecule has 0 bridgehead atoms. The number of likely N-dealkylation sites (tertiary alicyclic amines) is 2. The van der Waals surface area contributed by atoms with Crippen LogP contribution in [0.1, 0.15) is 30.4 Å². The fourth-order valence-electron chi connectivity index (χ4n) is 4.58. The third-order valence-electron chi connectivity index (χ3n) is 6.31. The van der Waals surface area contributed by atoms with Crippen LogP contribution in [0.4, 0.5) is 0 Å². The van der Waals surface area contributed by atoms with Crippen molar-refractivity contribution < 1.29 is 24.2 Å². The second kappa shape index (κ2) is 6.16. The first-order valence-electron chi connectivity index (χ1n) is 9.02. The van der Waals surface area contributed by atoms with Gasteiger partial charge in [0, 0.05) is 33.1 Å². The fraction of sp³-hybridized carbons (Fsp3) is 0.579. The van der Waals surface area contributed by atoms with Gasteiger partial charge in [-0.1, -0.05) is 0 Å². The van der Waals surface area contributed by atoms with Crippen LogP contribution in [-0.2, 0) is 16.1 Å². The summed E-state index contributed by atoms with van der Waals surface area (Å²) in [6.45, 7) is 4.66. The van der Waals surface area contributed by atoms with Crippen LogP contribution in [-0.4, -0.2) is 59.3 Å². The van der Waals surface area contributed by atoms with E-state index in [9.17, 15) is 14.7 Å². The van der Waals surface area contributed by atoms with E-state index >= 15 is 0 Å². The highest BCUT2D eigenvalue weighted by Gasteiger charge is 2.55. The largest absolute Gasteiger partial charge is 0.481 e. The number of benzene rings is 1. The molecule has 1 spiro atoms. The van der Waals surface area contributed by atoms with Crippen molar-refractivity contribution in [2.24, 2.45) is 5.92 Å². The zero-order valence-corrected chi connectivity index (χ0v) is 15.2. The Bertz CT molecular complexity index is 755. The maximum absolute atomic E-state index is 12.1. The van der Waals surface area contributed by atoms with Gasteiger partial charge < -0.3 is 19.5 Å². The monoisotopic (exact) mass is 360 g/mol. The fourth-order valence-corrected chi connectivity index (χ4v) is 4.58. The highest BCUT2D eigenvalue weighted by atomic mass is 16.7. The molecule has 3 aliphatic heterocycles. The van der Waals surface area contributed by atoms with Gasteiger partial charge in [0.25, 0.3) is 0 Å². The van der Waals surface area contributed by atoms with Crippen LogP contribution in [0.15, 0.2) is 12.1 Å². The molecule has 1 aromatic rings. The summed E-state index contributed by atoms with van der Waals surface area (Å²) in [5.41, 5.74) is 1.81. The van der Waals surface area contributed by atoms with Crippen molar-refractivity contribution in [1.82, 2.24) is 9.80 Å². The molecule has 7 nitrogen and oxygen atoms in total. The van der Waals surface area contributed by atoms with Crippen molar-refractivity contribution in [3.8, 4) is 11.5 Å². The standard InChI is InChI=1S/C19H24N2O5/c1-12-7-15-16(26-11-25-15)8-13(12)10-21-5-3-19(4-6-21)14(18(23)24)9-17(22)20(19)2/h7-8,14H,3-6,9-11H2,1-2H3,(H,23,24). The number of carboxylic acid groups (broad SMARTS) is 1. The van der Waals surface area contributed by atoms with Crippen LogP contribution >= 0.6 is 0 Å². The van der Waals surface area contributed by atoms with Crippen molar-refractivity contribution in [1.29, 1.82) is 0 Å². The Hall–Kier alpha value is -2.28. The van der Waals surface area contributed by atoms with Gasteiger partial charge in [0.2, 0.25) is 12.7 Å². The van der Waals surface area contributed by atoms with E-state index in [1.807, 2.05) is 12.1 Å². The van der Waals surface area contributed by atoms with Crippen molar-refractivity contribution in [3.05, 3.63) is 23.3 Å². The maximum atomic E-state index is 12.1. The Morgan fingerprint density at radius 3 is 2.58 bits per heavy atom. The van der Waals surface area contributed by atoms with E-state index in [0.717, 1.165) is 36.7 Å². The van der Waals surface area contributed by atoms with Crippen LogP contribution in [0, 0.1) is 12.8 Å². The molecule has 0 saturated carbocycles. The SMILES string of the molecule is Cc1cc2c(cc1CN1CCC3(CC1)C(C(=O)O)CC(=O)N3C)OCO2. The summed E-state index contributed by atoms with van der Waals surface area (Å²) < 4.78 is 10.9. The Morgan fingerprint density at radius 2 is 1.92 bits per heavy atom. The molecule has 4 rings (SSSR count). The first kappa shape index (κ1) is 17.1. The highest BCUT2D eigenvalue weighted by molar-refractivity contribution is 5.88. The summed E-state index contributed by atoms with van der Waals surface area (Å²) in [5, 5.41) is 9.58.